The predicted octanol–water partition coefficient (Wildman–Crippen LogP) is 17.0. The van der Waals surface area contributed by atoms with Gasteiger partial charge in [-0.1, -0.05) is 204 Å². The number of allylic oxidation sites excluding steroid dienone is 2. The molecule has 2 nitrogen and oxygen atoms in total. The Labute approximate surface area is 380 Å². The standard InChI is InChI=1S/C51H40BrNO.C9H10/c1-5-11-46(53-34(4)35-12-7-6-8-13-35)40-14-9-17-48-49(40)42-31-37(23-29-47(42)54-48)36-22-28-43-41(30-36)50-44(15-10-16-45(50)52)51(43,38-24-18-32(2)19-25-38)39-26-20-33(3)21-27-39;1-8(2)9-6-4-3-5-7-9/h6-31H,5H2,1-4H3;3-7H,1H2,2H3/b46-11+,53-34?;. The first-order chi connectivity index (χ1) is 30.7. The number of hydrogen-bond acceptors (Lipinski definition) is 2. The van der Waals surface area contributed by atoms with E-state index in [9.17, 15) is 0 Å². The minimum Gasteiger partial charge on any atom is -0.456 e. The number of nitrogens with zero attached hydrogens (tertiary/aromatic N) is 1. The van der Waals surface area contributed by atoms with Gasteiger partial charge in [0.15, 0.2) is 0 Å². The monoisotopic (exact) mass is 879 g/mol. The van der Waals surface area contributed by atoms with Gasteiger partial charge >= 0.3 is 0 Å². The summed E-state index contributed by atoms with van der Waals surface area (Å²) >= 11 is 4.01. The van der Waals surface area contributed by atoms with E-state index in [0.29, 0.717) is 0 Å². The number of rotatable bonds is 8. The van der Waals surface area contributed by atoms with Crippen molar-refractivity contribution in [3.8, 4) is 22.3 Å². The van der Waals surface area contributed by atoms with Gasteiger partial charge in [-0.15, -0.1) is 0 Å². The Balaban J connectivity index is 0.000000501. The highest BCUT2D eigenvalue weighted by Gasteiger charge is 2.46. The zero-order chi connectivity index (χ0) is 43.7. The van der Waals surface area contributed by atoms with E-state index in [1.807, 2.05) is 31.2 Å². The van der Waals surface area contributed by atoms with Crippen molar-refractivity contribution in [2.75, 3.05) is 0 Å². The molecule has 0 N–H and O–H groups in total. The van der Waals surface area contributed by atoms with Crippen molar-refractivity contribution in [1.82, 2.24) is 0 Å². The van der Waals surface area contributed by atoms with Crippen molar-refractivity contribution < 1.29 is 4.42 Å². The molecule has 10 rings (SSSR count). The third-order valence-corrected chi connectivity index (χ3v) is 13.0. The number of furan rings is 1. The van der Waals surface area contributed by atoms with Crippen LogP contribution in [0.3, 0.4) is 0 Å². The van der Waals surface area contributed by atoms with Gasteiger partial charge in [-0.25, -0.2) is 0 Å². The summed E-state index contributed by atoms with van der Waals surface area (Å²) < 4.78 is 7.60. The van der Waals surface area contributed by atoms with E-state index in [4.69, 9.17) is 9.41 Å². The topological polar surface area (TPSA) is 25.5 Å². The molecule has 0 saturated heterocycles. The molecule has 1 aromatic heterocycles. The second-order valence-corrected chi connectivity index (χ2v) is 17.5. The molecule has 0 unspecified atom stereocenters. The Morgan fingerprint density at radius 2 is 1.22 bits per heavy atom. The lowest BCUT2D eigenvalue weighted by Crippen LogP contribution is -2.28. The van der Waals surface area contributed by atoms with Crippen molar-refractivity contribution in [3.63, 3.8) is 0 Å². The molecule has 3 heteroatoms. The van der Waals surface area contributed by atoms with Crippen molar-refractivity contribution in [2.24, 2.45) is 4.99 Å². The van der Waals surface area contributed by atoms with E-state index in [2.05, 4.69) is 214 Å². The molecule has 0 spiro atoms. The van der Waals surface area contributed by atoms with Gasteiger partial charge in [-0.3, -0.25) is 4.99 Å². The molecule has 1 aliphatic carbocycles. The fraction of sp³-hybridized carbons (Fsp3) is 0.117. The number of halogens is 1. The molecule has 0 radical (unpaired) electrons. The minimum atomic E-state index is -0.464. The quantitative estimate of drug-likeness (QED) is 0.140. The molecule has 0 fully saturated rings. The van der Waals surface area contributed by atoms with Crippen LogP contribution in [0.4, 0.5) is 0 Å². The largest absolute Gasteiger partial charge is 0.456 e. The van der Waals surface area contributed by atoms with Crippen LogP contribution in [0.1, 0.15) is 77.3 Å². The average Bonchev–Trinajstić information content (AvgIpc) is 3.84. The first-order valence-electron chi connectivity index (χ1n) is 21.7. The van der Waals surface area contributed by atoms with Gasteiger partial charge in [0.2, 0.25) is 0 Å². The molecule has 1 aliphatic rings. The fourth-order valence-corrected chi connectivity index (χ4v) is 9.76. The summed E-state index contributed by atoms with van der Waals surface area (Å²) in [6, 6.07) is 65.4. The van der Waals surface area contributed by atoms with Gasteiger partial charge in [0.1, 0.15) is 11.2 Å². The molecular weight excluding hydrogens is 831 g/mol. The van der Waals surface area contributed by atoms with Gasteiger partial charge in [-0.2, -0.15) is 0 Å². The van der Waals surface area contributed by atoms with E-state index in [0.717, 1.165) is 72.1 Å². The Kier molecular flexibility index (Phi) is 11.5. The minimum absolute atomic E-state index is 0.464. The second-order valence-electron chi connectivity index (χ2n) is 16.6. The van der Waals surface area contributed by atoms with Crippen LogP contribution in [0, 0.1) is 13.8 Å². The predicted molar refractivity (Wildman–Crippen MR) is 272 cm³/mol. The average molecular weight is 881 g/mol. The zero-order valence-corrected chi connectivity index (χ0v) is 38.1. The molecule has 0 amide bonds. The lowest BCUT2D eigenvalue weighted by Gasteiger charge is -2.34. The summed E-state index contributed by atoms with van der Waals surface area (Å²) in [5.74, 6) is 0. The number of aliphatic imine (C=N–C) groups is 1. The van der Waals surface area contributed by atoms with Crippen LogP contribution in [0.2, 0.25) is 0 Å². The molecule has 9 aromatic rings. The summed E-state index contributed by atoms with van der Waals surface area (Å²) in [5.41, 5.74) is 20.2. The Bertz CT molecular complexity index is 3140. The molecule has 1 heterocycles. The Morgan fingerprint density at radius 3 is 1.84 bits per heavy atom. The van der Waals surface area contributed by atoms with Crippen LogP contribution >= 0.6 is 15.9 Å². The van der Waals surface area contributed by atoms with Gasteiger partial charge in [-0.05, 0) is 115 Å². The summed E-state index contributed by atoms with van der Waals surface area (Å²) in [4.78, 5) is 5.20. The molecule has 0 aliphatic heterocycles. The number of hydrogen-bond donors (Lipinski definition) is 0. The maximum atomic E-state index is 6.50. The third-order valence-electron chi connectivity index (χ3n) is 12.3. The summed E-state index contributed by atoms with van der Waals surface area (Å²) in [5, 5.41) is 2.18. The van der Waals surface area contributed by atoms with Crippen LogP contribution in [0.5, 0.6) is 0 Å². The molecule has 308 valence electrons. The highest BCUT2D eigenvalue weighted by Crippen LogP contribution is 2.58. The van der Waals surface area contributed by atoms with E-state index >= 15 is 0 Å². The highest BCUT2D eigenvalue weighted by atomic mass is 79.9. The SMILES string of the molecule is C=C(C)c1ccccc1.CC/C=C(/N=C(C)c1ccccc1)c1cccc2oc3ccc(-c4ccc5c(c4)-c4c(Br)cccc4C5(c4ccc(C)cc4)c4ccc(C)cc4)cc3c12. The summed E-state index contributed by atoms with van der Waals surface area (Å²) in [6.07, 6.45) is 3.09. The molecule has 0 atom stereocenters. The molecule has 0 bridgehead atoms. The van der Waals surface area contributed by atoms with Crippen LogP contribution in [-0.4, -0.2) is 5.71 Å². The van der Waals surface area contributed by atoms with Gasteiger partial charge in [0, 0.05) is 32.1 Å². The maximum Gasteiger partial charge on any atom is 0.136 e. The van der Waals surface area contributed by atoms with E-state index < -0.39 is 5.41 Å². The molecule has 0 saturated carbocycles. The smallest absolute Gasteiger partial charge is 0.136 e. The normalized spacial score (nSPS) is 13.0. The molecule has 8 aromatic carbocycles. The Hall–Kier alpha value is -6.81. The second kappa shape index (κ2) is 17.5. The van der Waals surface area contributed by atoms with Crippen LogP contribution < -0.4 is 0 Å². The lowest BCUT2D eigenvalue weighted by atomic mass is 9.67. The third kappa shape index (κ3) is 7.72. The van der Waals surface area contributed by atoms with E-state index in [-0.39, 0.29) is 0 Å². The number of benzene rings is 8. The Morgan fingerprint density at radius 1 is 0.619 bits per heavy atom. The lowest BCUT2D eigenvalue weighted by molar-refractivity contribution is 0.669. The van der Waals surface area contributed by atoms with Gasteiger partial charge in [0.25, 0.3) is 0 Å². The number of fused-ring (bicyclic) bond motifs is 6. The first-order valence-corrected chi connectivity index (χ1v) is 22.5. The number of aryl methyl sites for hydroxylation is 2. The van der Waals surface area contributed by atoms with Crippen molar-refractivity contribution in [1.29, 1.82) is 0 Å². The van der Waals surface area contributed by atoms with E-state index in [1.165, 1.54) is 50.1 Å². The zero-order valence-electron chi connectivity index (χ0n) is 36.5. The summed E-state index contributed by atoms with van der Waals surface area (Å²) in [7, 11) is 0. The van der Waals surface area contributed by atoms with Crippen LogP contribution in [0.25, 0.3) is 55.5 Å². The van der Waals surface area contributed by atoms with Gasteiger partial charge < -0.3 is 4.42 Å². The van der Waals surface area contributed by atoms with Crippen LogP contribution in [0.15, 0.2) is 209 Å². The summed E-state index contributed by atoms with van der Waals surface area (Å²) in [6.45, 7) is 14.4. The van der Waals surface area contributed by atoms with Crippen molar-refractivity contribution in [3.05, 3.63) is 249 Å². The van der Waals surface area contributed by atoms with E-state index in [1.54, 1.807) is 0 Å². The van der Waals surface area contributed by atoms with Crippen molar-refractivity contribution >= 4 is 54.9 Å². The van der Waals surface area contributed by atoms with Crippen LogP contribution in [-0.2, 0) is 5.41 Å². The molecule has 63 heavy (non-hydrogen) atoms. The first kappa shape index (κ1) is 41.5. The maximum absolute atomic E-state index is 6.50. The fourth-order valence-electron chi connectivity index (χ4n) is 9.19. The molecular formula is C60H50BrNO. The van der Waals surface area contributed by atoms with Gasteiger partial charge in [0.05, 0.1) is 11.1 Å². The highest BCUT2D eigenvalue weighted by molar-refractivity contribution is 9.10. The van der Waals surface area contributed by atoms with Crippen molar-refractivity contribution in [2.45, 2.75) is 46.5 Å².